The van der Waals surface area contributed by atoms with Gasteiger partial charge in [0.15, 0.2) is 0 Å². The van der Waals surface area contributed by atoms with Crippen LogP contribution in [0.15, 0.2) is 11.6 Å². The van der Waals surface area contributed by atoms with E-state index in [1.165, 1.54) is 0 Å². The van der Waals surface area contributed by atoms with Crippen molar-refractivity contribution in [2.45, 2.75) is 38.6 Å². The first-order valence-electron chi connectivity index (χ1n) is 8.13. The number of carbonyl (C=O) groups is 2. The first-order chi connectivity index (χ1) is 11.2. The minimum Gasteiger partial charge on any atom is -0.383 e. The minimum atomic E-state index is 0.0503. The number of rotatable bonds is 8. The van der Waals surface area contributed by atoms with E-state index in [0.717, 1.165) is 30.8 Å². The Morgan fingerprint density at radius 1 is 1.43 bits per heavy atom. The molecule has 1 fully saturated rings. The molecule has 0 aromatic carbocycles. The van der Waals surface area contributed by atoms with Crippen LogP contribution in [0, 0.1) is 0 Å². The number of hydrogen-bond donors (Lipinski definition) is 0. The maximum absolute atomic E-state index is 12.5. The second-order valence-corrected chi connectivity index (χ2v) is 6.65. The Morgan fingerprint density at radius 3 is 3.04 bits per heavy atom. The summed E-state index contributed by atoms with van der Waals surface area (Å²) < 4.78 is 5.09. The molecule has 2 amide bonds. The van der Waals surface area contributed by atoms with E-state index in [1.807, 2.05) is 10.3 Å². The Hall–Kier alpha value is -1.47. The van der Waals surface area contributed by atoms with Gasteiger partial charge in [0.05, 0.1) is 13.2 Å². The molecule has 0 spiro atoms. The fraction of sp³-hybridized carbons (Fsp3) is 0.688. The van der Waals surface area contributed by atoms with Crippen LogP contribution in [-0.4, -0.2) is 59.9 Å². The monoisotopic (exact) mass is 339 g/mol. The second kappa shape index (κ2) is 9.62. The van der Waals surface area contributed by atoms with Crippen molar-refractivity contribution in [3.63, 3.8) is 0 Å². The largest absolute Gasteiger partial charge is 0.383 e. The van der Waals surface area contributed by atoms with Crippen LogP contribution in [0.1, 0.15) is 37.1 Å². The predicted molar refractivity (Wildman–Crippen MR) is 89.1 cm³/mol. The maximum Gasteiger partial charge on any atom is 0.224 e. The third-order valence-electron chi connectivity index (χ3n) is 3.99. The van der Waals surface area contributed by atoms with Crippen molar-refractivity contribution in [1.82, 2.24) is 14.8 Å². The molecule has 1 aliphatic rings. The van der Waals surface area contributed by atoms with Crippen LogP contribution in [-0.2, 0) is 20.9 Å². The highest BCUT2D eigenvalue weighted by atomic mass is 32.1. The third-order valence-corrected chi connectivity index (χ3v) is 4.76. The molecule has 23 heavy (non-hydrogen) atoms. The lowest BCUT2D eigenvalue weighted by Crippen LogP contribution is -2.38. The molecule has 0 N–H and O–H groups in total. The fourth-order valence-electron chi connectivity index (χ4n) is 2.65. The van der Waals surface area contributed by atoms with E-state index >= 15 is 0 Å². The highest BCUT2D eigenvalue weighted by Gasteiger charge is 2.20. The molecule has 0 bridgehead atoms. The Labute approximate surface area is 141 Å². The average Bonchev–Trinajstić information content (AvgIpc) is 2.98. The highest BCUT2D eigenvalue weighted by molar-refractivity contribution is 7.09. The number of nitrogens with zero attached hydrogens (tertiary/aromatic N) is 3. The number of ether oxygens (including phenoxy) is 1. The minimum absolute atomic E-state index is 0.0503. The van der Waals surface area contributed by atoms with Crippen molar-refractivity contribution in [3.8, 4) is 0 Å². The molecule has 1 aromatic rings. The maximum atomic E-state index is 12.5. The summed E-state index contributed by atoms with van der Waals surface area (Å²) in [6.45, 7) is 2.84. The standard InChI is InChI=1S/C16H25N3O3S/c1-22-11-10-19(13-14-17-7-12-23-14)16(21)6-9-18-8-4-2-3-5-15(18)20/h7,12H,2-6,8-11,13H2,1H3. The van der Waals surface area contributed by atoms with E-state index in [-0.39, 0.29) is 11.8 Å². The number of methoxy groups -OCH3 is 1. The predicted octanol–water partition coefficient (Wildman–Crippen LogP) is 1.91. The van der Waals surface area contributed by atoms with Gasteiger partial charge in [-0.3, -0.25) is 9.59 Å². The molecule has 7 heteroatoms. The Bertz CT molecular complexity index is 493. The van der Waals surface area contributed by atoms with Crippen LogP contribution >= 0.6 is 11.3 Å². The van der Waals surface area contributed by atoms with Gasteiger partial charge in [-0.05, 0) is 12.8 Å². The molecule has 1 saturated heterocycles. The van der Waals surface area contributed by atoms with Crippen LogP contribution in [0.3, 0.4) is 0 Å². The number of aromatic nitrogens is 1. The van der Waals surface area contributed by atoms with Crippen LogP contribution in [0.25, 0.3) is 0 Å². The van der Waals surface area contributed by atoms with Gasteiger partial charge in [-0.2, -0.15) is 0 Å². The molecule has 6 nitrogen and oxygen atoms in total. The van der Waals surface area contributed by atoms with E-state index in [0.29, 0.717) is 39.1 Å². The van der Waals surface area contributed by atoms with Crippen LogP contribution in [0.4, 0.5) is 0 Å². The van der Waals surface area contributed by atoms with E-state index in [2.05, 4.69) is 4.98 Å². The molecule has 0 saturated carbocycles. The number of carbonyl (C=O) groups excluding carboxylic acids is 2. The first kappa shape index (κ1) is 17.9. The molecule has 0 aliphatic carbocycles. The lowest BCUT2D eigenvalue weighted by atomic mass is 10.2. The summed E-state index contributed by atoms with van der Waals surface area (Å²) in [4.78, 5) is 32.4. The molecular formula is C16H25N3O3S. The van der Waals surface area contributed by atoms with E-state index < -0.39 is 0 Å². The number of hydrogen-bond acceptors (Lipinski definition) is 5. The molecule has 2 rings (SSSR count). The summed E-state index contributed by atoms with van der Waals surface area (Å²) in [5.41, 5.74) is 0. The SMILES string of the molecule is COCCN(Cc1nccs1)C(=O)CCN1CCCCCC1=O. The summed E-state index contributed by atoms with van der Waals surface area (Å²) >= 11 is 1.54. The summed E-state index contributed by atoms with van der Waals surface area (Å²) in [7, 11) is 1.63. The van der Waals surface area contributed by atoms with Gasteiger partial charge in [0.1, 0.15) is 5.01 Å². The van der Waals surface area contributed by atoms with Crippen molar-refractivity contribution in [2.24, 2.45) is 0 Å². The van der Waals surface area contributed by atoms with E-state index in [1.54, 1.807) is 29.5 Å². The zero-order chi connectivity index (χ0) is 16.5. The fourth-order valence-corrected chi connectivity index (χ4v) is 3.28. The lowest BCUT2D eigenvalue weighted by Gasteiger charge is -2.24. The third kappa shape index (κ3) is 5.91. The van der Waals surface area contributed by atoms with Gasteiger partial charge in [0.25, 0.3) is 0 Å². The van der Waals surface area contributed by atoms with Gasteiger partial charge in [-0.25, -0.2) is 4.98 Å². The van der Waals surface area contributed by atoms with E-state index in [9.17, 15) is 9.59 Å². The lowest BCUT2D eigenvalue weighted by molar-refractivity contribution is -0.135. The molecule has 2 heterocycles. The summed E-state index contributed by atoms with van der Waals surface area (Å²) in [6.07, 6.45) is 5.82. The number of likely N-dealkylation sites (tertiary alicyclic amines) is 1. The van der Waals surface area contributed by atoms with Crippen LogP contribution < -0.4 is 0 Å². The molecule has 128 valence electrons. The second-order valence-electron chi connectivity index (χ2n) is 5.68. The number of amides is 2. The zero-order valence-corrected chi connectivity index (χ0v) is 14.5. The van der Waals surface area contributed by atoms with Crippen molar-refractivity contribution >= 4 is 23.2 Å². The molecule has 0 radical (unpaired) electrons. The van der Waals surface area contributed by atoms with Gasteiger partial charge in [-0.15, -0.1) is 11.3 Å². The topological polar surface area (TPSA) is 62.7 Å². The molecular weight excluding hydrogens is 314 g/mol. The van der Waals surface area contributed by atoms with Crippen molar-refractivity contribution in [3.05, 3.63) is 16.6 Å². The molecule has 1 aromatic heterocycles. The summed E-state index contributed by atoms with van der Waals surface area (Å²) in [5.74, 6) is 0.230. The average molecular weight is 339 g/mol. The Morgan fingerprint density at radius 2 is 2.30 bits per heavy atom. The van der Waals surface area contributed by atoms with Crippen molar-refractivity contribution < 1.29 is 14.3 Å². The normalized spacial score (nSPS) is 15.5. The highest BCUT2D eigenvalue weighted by Crippen LogP contribution is 2.13. The van der Waals surface area contributed by atoms with Gasteiger partial charge >= 0.3 is 0 Å². The summed E-state index contributed by atoms with van der Waals surface area (Å²) in [5, 5.41) is 2.82. The summed E-state index contributed by atoms with van der Waals surface area (Å²) in [6, 6.07) is 0. The van der Waals surface area contributed by atoms with Crippen molar-refractivity contribution in [1.29, 1.82) is 0 Å². The van der Waals surface area contributed by atoms with Gasteiger partial charge < -0.3 is 14.5 Å². The zero-order valence-electron chi connectivity index (χ0n) is 13.7. The van der Waals surface area contributed by atoms with Crippen LogP contribution in [0.2, 0.25) is 0 Å². The molecule has 1 aliphatic heterocycles. The quantitative estimate of drug-likeness (QED) is 0.726. The van der Waals surface area contributed by atoms with Crippen molar-refractivity contribution in [2.75, 3.05) is 33.4 Å². The van der Waals surface area contributed by atoms with Gasteiger partial charge in [-0.1, -0.05) is 6.42 Å². The van der Waals surface area contributed by atoms with Gasteiger partial charge in [0.2, 0.25) is 11.8 Å². The Balaban J connectivity index is 1.87. The van der Waals surface area contributed by atoms with Crippen LogP contribution in [0.5, 0.6) is 0 Å². The van der Waals surface area contributed by atoms with E-state index in [4.69, 9.17) is 4.74 Å². The first-order valence-corrected chi connectivity index (χ1v) is 9.01. The smallest absolute Gasteiger partial charge is 0.224 e. The number of thiazole rings is 1. The molecule has 0 atom stereocenters. The molecule has 0 unspecified atom stereocenters. The van der Waals surface area contributed by atoms with Gasteiger partial charge in [0, 0.05) is 51.2 Å². The Kier molecular flexibility index (Phi) is 7.48.